The molecule has 2 amide bonds. The van der Waals surface area contributed by atoms with E-state index in [2.05, 4.69) is 5.32 Å². The normalized spacial score (nSPS) is 13.0. The van der Waals surface area contributed by atoms with Crippen molar-refractivity contribution in [1.29, 1.82) is 0 Å². The molecule has 1 aliphatic rings. The molecule has 37 heavy (non-hydrogen) atoms. The lowest BCUT2D eigenvalue weighted by atomic mass is 10.1. The summed E-state index contributed by atoms with van der Waals surface area (Å²) in [5.41, 5.74) is 2.03. The summed E-state index contributed by atoms with van der Waals surface area (Å²) < 4.78 is 28.9. The molecule has 0 fully saturated rings. The zero-order valence-electron chi connectivity index (χ0n) is 20.0. The highest BCUT2D eigenvalue weighted by Gasteiger charge is 2.27. The van der Waals surface area contributed by atoms with E-state index in [4.69, 9.17) is 4.98 Å². The van der Waals surface area contributed by atoms with Crippen LogP contribution in [0.2, 0.25) is 0 Å². The fourth-order valence-corrected chi connectivity index (χ4v) is 6.31. The predicted octanol–water partition coefficient (Wildman–Crippen LogP) is 4.67. The van der Waals surface area contributed by atoms with Crippen LogP contribution >= 0.6 is 23.1 Å². The topological polar surface area (TPSA) is 84.3 Å². The van der Waals surface area contributed by atoms with Gasteiger partial charge in [0.2, 0.25) is 11.8 Å². The van der Waals surface area contributed by atoms with Gasteiger partial charge in [0.15, 0.2) is 5.16 Å². The Labute approximate surface area is 219 Å². The van der Waals surface area contributed by atoms with Crippen LogP contribution in [-0.4, -0.2) is 38.6 Å². The van der Waals surface area contributed by atoms with Crippen LogP contribution in [0.4, 0.5) is 14.5 Å². The van der Waals surface area contributed by atoms with Crippen molar-refractivity contribution < 1.29 is 18.4 Å². The lowest BCUT2D eigenvalue weighted by Crippen LogP contribution is -2.34. The molecule has 0 saturated carbocycles. The third kappa shape index (κ3) is 5.01. The van der Waals surface area contributed by atoms with Crippen molar-refractivity contribution in [3.05, 3.63) is 80.5 Å². The Kier molecular flexibility index (Phi) is 6.82. The van der Waals surface area contributed by atoms with E-state index in [1.54, 1.807) is 4.90 Å². The summed E-state index contributed by atoms with van der Waals surface area (Å²) in [4.78, 5) is 46.3. The maximum absolute atomic E-state index is 14.0. The number of rotatable bonds is 5. The summed E-state index contributed by atoms with van der Waals surface area (Å²) in [6, 6.07) is 10.2. The van der Waals surface area contributed by atoms with Crippen LogP contribution < -0.4 is 10.9 Å². The number of fused-ring (bicyclic) bond motifs is 3. The molecule has 2 aromatic carbocycles. The fourth-order valence-electron chi connectivity index (χ4n) is 4.22. The Balaban J connectivity index is 1.53. The second-order valence-electron chi connectivity index (χ2n) is 8.71. The van der Waals surface area contributed by atoms with E-state index in [-0.39, 0.29) is 22.9 Å². The Bertz CT molecular complexity index is 1600. The van der Waals surface area contributed by atoms with E-state index in [1.165, 1.54) is 22.8 Å². The van der Waals surface area contributed by atoms with E-state index in [1.807, 2.05) is 31.2 Å². The fraction of sp³-hybridized carbons (Fsp3) is 0.231. The van der Waals surface area contributed by atoms with E-state index in [9.17, 15) is 23.2 Å². The molecule has 0 aliphatic carbocycles. The van der Waals surface area contributed by atoms with Crippen LogP contribution in [0.1, 0.15) is 22.9 Å². The van der Waals surface area contributed by atoms with Crippen molar-refractivity contribution in [1.82, 2.24) is 14.5 Å². The summed E-state index contributed by atoms with van der Waals surface area (Å²) in [5.74, 6) is -2.19. The first-order chi connectivity index (χ1) is 17.7. The number of thioether (sulfide) groups is 1. The van der Waals surface area contributed by atoms with Crippen molar-refractivity contribution in [3.8, 4) is 5.69 Å². The number of carbonyl (C=O) groups is 2. The third-order valence-corrected chi connectivity index (χ3v) is 8.17. The Morgan fingerprint density at radius 3 is 2.65 bits per heavy atom. The van der Waals surface area contributed by atoms with Gasteiger partial charge < -0.3 is 10.2 Å². The number of aryl methyl sites for hydroxylation is 1. The Morgan fingerprint density at radius 2 is 1.92 bits per heavy atom. The van der Waals surface area contributed by atoms with E-state index < -0.39 is 17.5 Å². The highest BCUT2D eigenvalue weighted by atomic mass is 32.2. The van der Waals surface area contributed by atoms with Crippen molar-refractivity contribution in [2.45, 2.75) is 32.0 Å². The Hall–Kier alpha value is -3.57. The minimum absolute atomic E-state index is 0.0230. The number of nitrogens with zero attached hydrogens (tertiary/aromatic N) is 3. The number of carbonyl (C=O) groups excluding carboxylic acids is 2. The molecule has 1 N–H and O–H groups in total. The first kappa shape index (κ1) is 25.1. The minimum Gasteiger partial charge on any atom is -0.337 e. The molecule has 7 nitrogen and oxygen atoms in total. The van der Waals surface area contributed by atoms with Crippen molar-refractivity contribution >= 4 is 50.8 Å². The largest absolute Gasteiger partial charge is 0.337 e. The number of hydrogen-bond donors (Lipinski definition) is 1. The number of hydrogen-bond acceptors (Lipinski definition) is 6. The van der Waals surface area contributed by atoms with Gasteiger partial charge in [-0.15, -0.1) is 11.3 Å². The molecule has 3 heterocycles. The van der Waals surface area contributed by atoms with Crippen LogP contribution in [0, 0.1) is 18.6 Å². The molecule has 5 rings (SSSR count). The summed E-state index contributed by atoms with van der Waals surface area (Å²) in [6.07, 6.45) is 0.563. The number of benzene rings is 2. The lowest BCUT2D eigenvalue weighted by Gasteiger charge is -2.25. The quantitative estimate of drug-likeness (QED) is 0.294. The number of amides is 2. The molecule has 2 aromatic heterocycles. The number of thiophene rings is 1. The Morgan fingerprint density at radius 1 is 1.16 bits per heavy atom. The number of anilines is 1. The lowest BCUT2D eigenvalue weighted by molar-refractivity contribution is -0.129. The van der Waals surface area contributed by atoms with E-state index in [0.29, 0.717) is 40.6 Å². The van der Waals surface area contributed by atoms with Crippen LogP contribution in [0.3, 0.4) is 0 Å². The van der Waals surface area contributed by atoms with Crippen LogP contribution in [0.25, 0.3) is 15.9 Å². The summed E-state index contributed by atoms with van der Waals surface area (Å²) in [7, 11) is 0. The first-order valence-electron chi connectivity index (χ1n) is 11.5. The molecule has 0 bridgehead atoms. The van der Waals surface area contributed by atoms with Gasteiger partial charge in [0.1, 0.15) is 16.5 Å². The van der Waals surface area contributed by atoms with Gasteiger partial charge >= 0.3 is 0 Å². The summed E-state index contributed by atoms with van der Waals surface area (Å²) in [5, 5.41) is 3.20. The summed E-state index contributed by atoms with van der Waals surface area (Å²) >= 11 is 2.40. The highest BCUT2D eigenvalue weighted by molar-refractivity contribution is 7.99. The monoisotopic (exact) mass is 540 g/mol. The SMILES string of the molecule is CC(=O)N1CCc2c(sc3nc(SCC(=O)Nc4cc(F)ccc4F)n(-c4ccc(C)cc4)c(=O)c23)C1. The average Bonchev–Trinajstić information content (AvgIpc) is 3.23. The minimum atomic E-state index is -0.750. The highest BCUT2D eigenvalue weighted by Crippen LogP contribution is 2.34. The molecule has 1 aliphatic heterocycles. The predicted molar refractivity (Wildman–Crippen MR) is 140 cm³/mol. The smallest absolute Gasteiger partial charge is 0.267 e. The van der Waals surface area contributed by atoms with Gasteiger partial charge in [0, 0.05) is 24.4 Å². The number of aromatic nitrogens is 2. The average molecular weight is 541 g/mol. The standard InChI is InChI=1S/C26H22F2N4O3S2/c1-14-3-6-17(7-4-14)32-25(35)23-18-9-10-31(15(2)33)12-21(18)37-24(23)30-26(32)36-13-22(34)29-20-11-16(27)5-8-19(20)28/h3-8,11H,9-10,12-13H2,1-2H3,(H,29,34). The van der Waals surface area contributed by atoms with Crippen molar-refractivity contribution in [2.24, 2.45) is 0 Å². The maximum Gasteiger partial charge on any atom is 0.267 e. The molecular formula is C26H22F2N4O3S2. The molecule has 190 valence electrons. The molecule has 0 spiro atoms. The van der Waals surface area contributed by atoms with E-state index >= 15 is 0 Å². The van der Waals surface area contributed by atoms with Gasteiger partial charge in [-0.05, 0) is 43.2 Å². The zero-order valence-corrected chi connectivity index (χ0v) is 21.6. The van der Waals surface area contributed by atoms with Gasteiger partial charge in [-0.25, -0.2) is 13.8 Å². The second kappa shape index (κ2) is 10.1. The molecular weight excluding hydrogens is 518 g/mol. The van der Waals surface area contributed by atoms with Gasteiger partial charge in [-0.1, -0.05) is 29.5 Å². The number of nitrogens with one attached hydrogen (secondary N) is 1. The van der Waals surface area contributed by atoms with Crippen molar-refractivity contribution in [3.63, 3.8) is 0 Å². The molecule has 11 heteroatoms. The van der Waals surface area contributed by atoms with E-state index in [0.717, 1.165) is 46.0 Å². The molecule has 0 atom stereocenters. The molecule has 0 radical (unpaired) electrons. The molecule has 4 aromatic rings. The zero-order chi connectivity index (χ0) is 26.3. The molecule has 0 unspecified atom stereocenters. The molecule has 0 saturated heterocycles. The maximum atomic E-state index is 14.0. The van der Waals surface area contributed by atoms with Gasteiger partial charge in [-0.3, -0.25) is 19.0 Å². The van der Waals surface area contributed by atoms with Gasteiger partial charge in [0.25, 0.3) is 5.56 Å². The van der Waals surface area contributed by atoms with Crippen LogP contribution in [0.15, 0.2) is 52.4 Å². The van der Waals surface area contributed by atoms with Crippen LogP contribution in [0.5, 0.6) is 0 Å². The van der Waals surface area contributed by atoms with Crippen molar-refractivity contribution in [2.75, 3.05) is 17.6 Å². The van der Waals surface area contributed by atoms with Crippen LogP contribution in [-0.2, 0) is 22.6 Å². The third-order valence-electron chi connectivity index (χ3n) is 6.12. The number of halogens is 2. The second-order valence-corrected chi connectivity index (χ2v) is 10.7. The van der Waals surface area contributed by atoms with Gasteiger partial charge in [-0.2, -0.15) is 0 Å². The summed E-state index contributed by atoms with van der Waals surface area (Å²) in [6.45, 7) is 4.43. The first-order valence-corrected chi connectivity index (χ1v) is 13.3. The van der Waals surface area contributed by atoms with Gasteiger partial charge in [0.05, 0.1) is 29.1 Å².